The van der Waals surface area contributed by atoms with E-state index in [0.29, 0.717) is 11.8 Å². The van der Waals surface area contributed by atoms with Crippen molar-refractivity contribution < 1.29 is 9.90 Å². The van der Waals surface area contributed by atoms with Crippen molar-refractivity contribution in [1.29, 1.82) is 0 Å². The number of carboxylic acids is 1. The van der Waals surface area contributed by atoms with Gasteiger partial charge in [-0.25, -0.2) is 4.79 Å². The molecule has 2 heterocycles. The van der Waals surface area contributed by atoms with Crippen molar-refractivity contribution in [2.45, 2.75) is 24.9 Å². The Hall–Kier alpha value is -2.50. The minimum absolute atomic E-state index is 0.538. The molecule has 0 radical (unpaired) electrons. The van der Waals surface area contributed by atoms with Gasteiger partial charge in [-0.2, -0.15) is 15.0 Å². The van der Waals surface area contributed by atoms with Gasteiger partial charge < -0.3 is 5.11 Å². The van der Waals surface area contributed by atoms with E-state index in [0.717, 1.165) is 5.22 Å². The maximum atomic E-state index is 11.7. The van der Waals surface area contributed by atoms with E-state index in [1.807, 2.05) is 37.3 Å². The number of benzene rings is 1. The molecule has 0 aliphatic carbocycles. The van der Waals surface area contributed by atoms with Gasteiger partial charge in [0.05, 0.1) is 17.8 Å². The van der Waals surface area contributed by atoms with Crippen LogP contribution in [0.15, 0.2) is 41.7 Å². The number of nitrogens with zero attached hydrogens (tertiary/aromatic N) is 4. The molecule has 20 heavy (non-hydrogen) atoms. The number of hydrogen-bond donors (Lipinski definition) is 1. The van der Waals surface area contributed by atoms with Gasteiger partial charge in [0.25, 0.3) is 0 Å². The van der Waals surface area contributed by atoms with Crippen molar-refractivity contribution >= 4 is 12.0 Å². The number of para-hydroxylation sites is 1. The van der Waals surface area contributed by atoms with Crippen LogP contribution in [0.25, 0.3) is 6.08 Å². The monoisotopic (exact) mass is 270 g/mol. The van der Waals surface area contributed by atoms with Crippen LogP contribution in [0.5, 0.6) is 0 Å². The molecule has 0 saturated heterocycles. The predicted molar refractivity (Wildman–Crippen MR) is 71.4 cm³/mol. The van der Waals surface area contributed by atoms with Crippen LogP contribution in [-0.2, 0) is 10.3 Å². The summed E-state index contributed by atoms with van der Waals surface area (Å²) in [5, 5.41) is 19.4. The molecule has 0 amide bonds. The molecule has 1 aliphatic heterocycles. The highest BCUT2D eigenvalue weighted by Gasteiger charge is 2.45. The van der Waals surface area contributed by atoms with Gasteiger partial charge in [-0.3, -0.25) is 4.99 Å². The van der Waals surface area contributed by atoms with Crippen molar-refractivity contribution in [2.75, 3.05) is 0 Å². The number of hydrogen-bond acceptors (Lipinski definition) is 4. The standard InChI is InChI=1S/C14H14N4O2/c1-2-14(18-15-7-8-16-18)9-10-5-3-4-6-11(10)17-12(14)13(19)20/h3-9,12H,2H2,1H3,(H,19,20). The fourth-order valence-corrected chi connectivity index (χ4v) is 2.63. The van der Waals surface area contributed by atoms with Crippen molar-refractivity contribution in [1.82, 2.24) is 15.0 Å². The average molecular weight is 270 g/mol. The fraction of sp³-hybridized carbons (Fsp3) is 0.286. The molecule has 2 atom stereocenters. The van der Waals surface area contributed by atoms with Gasteiger partial charge >= 0.3 is 5.97 Å². The molecule has 0 saturated carbocycles. The minimum Gasteiger partial charge on any atom is -0.480 e. The Labute approximate surface area is 115 Å². The van der Waals surface area contributed by atoms with Crippen LogP contribution in [0.3, 0.4) is 0 Å². The van der Waals surface area contributed by atoms with Crippen molar-refractivity contribution in [2.24, 2.45) is 4.99 Å². The molecule has 0 spiro atoms. The summed E-state index contributed by atoms with van der Waals surface area (Å²) < 4.78 is 0. The molecule has 6 heteroatoms. The second-order valence-corrected chi connectivity index (χ2v) is 4.74. The van der Waals surface area contributed by atoms with Crippen LogP contribution < -0.4 is 10.6 Å². The minimum atomic E-state index is -0.977. The third kappa shape index (κ3) is 1.72. The van der Waals surface area contributed by atoms with Crippen LogP contribution in [0.2, 0.25) is 0 Å². The van der Waals surface area contributed by atoms with Crippen LogP contribution in [-0.4, -0.2) is 32.1 Å². The molecule has 0 bridgehead atoms. The van der Waals surface area contributed by atoms with E-state index in [1.165, 1.54) is 4.80 Å². The normalized spacial score (nSPS) is 24.4. The van der Waals surface area contributed by atoms with Crippen LogP contribution >= 0.6 is 0 Å². The summed E-state index contributed by atoms with van der Waals surface area (Å²) >= 11 is 0. The number of carboxylic acid groups (broad SMARTS) is 1. The number of fused-ring (bicyclic) bond motifs is 1. The molecular weight excluding hydrogens is 256 g/mol. The van der Waals surface area contributed by atoms with E-state index in [-0.39, 0.29) is 0 Å². The average Bonchev–Trinajstić information content (AvgIpc) is 3.00. The zero-order valence-electron chi connectivity index (χ0n) is 11.0. The molecule has 0 fully saturated rings. The quantitative estimate of drug-likeness (QED) is 0.848. The molecule has 2 aromatic rings. The lowest BCUT2D eigenvalue weighted by Gasteiger charge is -2.33. The zero-order valence-corrected chi connectivity index (χ0v) is 11.0. The van der Waals surface area contributed by atoms with E-state index in [9.17, 15) is 9.90 Å². The maximum Gasteiger partial charge on any atom is 0.331 e. The Kier molecular flexibility index (Phi) is 2.85. The third-order valence-corrected chi connectivity index (χ3v) is 3.68. The first kappa shape index (κ1) is 12.5. The summed E-state index contributed by atoms with van der Waals surface area (Å²) in [7, 11) is 0. The third-order valence-electron chi connectivity index (χ3n) is 3.68. The summed E-state index contributed by atoms with van der Waals surface area (Å²) in [5.41, 5.74) is -0.871. The van der Waals surface area contributed by atoms with E-state index in [4.69, 9.17) is 0 Å². The molecule has 1 aliphatic rings. The Morgan fingerprint density at radius 1 is 1.35 bits per heavy atom. The summed E-state index contributed by atoms with van der Waals surface area (Å²) in [6.07, 6.45) is 5.54. The Bertz CT molecular complexity index is 754. The van der Waals surface area contributed by atoms with Crippen molar-refractivity contribution in [3.05, 3.63) is 47.2 Å². The molecular formula is C14H14N4O2. The molecule has 2 unspecified atom stereocenters. The smallest absolute Gasteiger partial charge is 0.331 e. The summed E-state index contributed by atoms with van der Waals surface area (Å²) in [4.78, 5) is 17.5. The van der Waals surface area contributed by atoms with E-state index < -0.39 is 17.6 Å². The number of aromatic nitrogens is 3. The summed E-state index contributed by atoms with van der Waals surface area (Å²) in [6.45, 7) is 1.92. The summed E-state index contributed by atoms with van der Waals surface area (Å²) in [6, 6.07) is 6.56. The van der Waals surface area contributed by atoms with Gasteiger partial charge in [-0.05, 0) is 23.8 Å². The highest BCUT2D eigenvalue weighted by Crippen LogP contribution is 2.29. The molecule has 1 aromatic heterocycles. The Morgan fingerprint density at radius 3 is 2.70 bits per heavy atom. The van der Waals surface area contributed by atoms with Gasteiger partial charge in [-0.15, -0.1) is 0 Å². The lowest BCUT2D eigenvalue weighted by atomic mass is 9.85. The van der Waals surface area contributed by atoms with Crippen LogP contribution in [0.1, 0.15) is 13.3 Å². The van der Waals surface area contributed by atoms with Gasteiger partial charge in [0, 0.05) is 0 Å². The highest BCUT2D eigenvalue weighted by molar-refractivity contribution is 5.77. The van der Waals surface area contributed by atoms with Gasteiger partial charge in [0.2, 0.25) is 0 Å². The second-order valence-electron chi connectivity index (χ2n) is 4.74. The lowest BCUT2D eigenvalue weighted by molar-refractivity contribution is -0.141. The zero-order chi connectivity index (χ0) is 14.2. The maximum absolute atomic E-state index is 11.7. The first-order valence-corrected chi connectivity index (χ1v) is 6.43. The fourth-order valence-electron chi connectivity index (χ4n) is 2.63. The number of aliphatic carboxylic acids is 1. The predicted octanol–water partition coefficient (Wildman–Crippen LogP) is -0.0495. The first-order chi connectivity index (χ1) is 9.67. The highest BCUT2D eigenvalue weighted by atomic mass is 16.4. The number of rotatable bonds is 3. The molecule has 1 aromatic carbocycles. The van der Waals surface area contributed by atoms with E-state index in [1.54, 1.807) is 12.4 Å². The van der Waals surface area contributed by atoms with E-state index in [2.05, 4.69) is 15.2 Å². The second kappa shape index (κ2) is 4.56. The SMILES string of the molecule is CCC1(n2nccn2)C=c2ccccc2=NC1C(=O)O. The molecule has 1 N–H and O–H groups in total. The van der Waals surface area contributed by atoms with Crippen molar-refractivity contribution in [3.8, 4) is 0 Å². The van der Waals surface area contributed by atoms with Crippen LogP contribution in [0.4, 0.5) is 0 Å². The summed E-state index contributed by atoms with van der Waals surface area (Å²) in [5.74, 6) is -0.977. The Balaban J connectivity index is 2.32. The lowest BCUT2D eigenvalue weighted by Crippen LogP contribution is -2.53. The Morgan fingerprint density at radius 2 is 2.05 bits per heavy atom. The van der Waals surface area contributed by atoms with Gasteiger partial charge in [0.1, 0.15) is 5.54 Å². The molecule has 102 valence electrons. The van der Waals surface area contributed by atoms with Gasteiger partial charge in [-0.1, -0.05) is 25.1 Å². The van der Waals surface area contributed by atoms with E-state index >= 15 is 0 Å². The van der Waals surface area contributed by atoms with Crippen LogP contribution in [0, 0.1) is 0 Å². The molecule has 6 nitrogen and oxygen atoms in total. The first-order valence-electron chi connectivity index (χ1n) is 6.43. The number of carbonyl (C=O) groups is 1. The topological polar surface area (TPSA) is 80.4 Å². The van der Waals surface area contributed by atoms with Gasteiger partial charge in [0.15, 0.2) is 6.04 Å². The largest absolute Gasteiger partial charge is 0.480 e. The molecule has 3 rings (SSSR count). The van der Waals surface area contributed by atoms with Crippen molar-refractivity contribution in [3.63, 3.8) is 0 Å².